The van der Waals surface area contributed by atoms with Gasteiger partial charge in [-0.3, -0.25) is 4.79 Å². The van der Waals surface area contributed by atoms with Crippen LogP contribution < -0.4 is 5.56 Å². The summed E-state index contributed by atoms with van der Waals surface area (Å²) in [7, 11) is 0. The van der Waals surface area contributed by atoms with E-state index in [1.54, 1.807) is 0 Å². The molecule has 1 aromatic heterocycles. The maximum atomic E-state index is 11.6. The number of halogens is 3. The van der Waals surface area contributed by atoms with Crippen LogP contribution in [-0.4, -0.2) is 10.9 Å². The molecule has 1 rings (SSSR count). The predicted octanol–water partition coefficient (Wildman–Crippen LogP) is 1.00. The van der Waals surface area contributed by atoms with Gasteiger partial charge in [0.15, 0.2) is 6.54 Å². The summed E-state index contributed by atoms with van der Waals surface area (Å²) in [6.07, 6.45) is -3.50. The van der Waals surface area contributed by atoms with Crippen molar-refractivity contribution in [3.05, 3.63) is 22.7 Å². The van der Waals surface area contributed by atoms with Crippen molar-refractivity contribution in [1.29, 1.82) is 0 Å². The fraction of sp³-hybridized carbons (Fsp3) is 0.400. The zero-order valence-electron chi connectivity index (χ0n) is 5.26. The highest BCUT2D eigenvalue weighted by atomic mass is 19.4. The monoisotopic (exact) mass is 167 g/mol. The Balaban J connectivity index is 2.80. The molecule has 0 spiro atoms. The highest BCUT2D eigenvalue weighted by Gasteiger charge is 2.29. The topological polar surface area (TPSA) is 35.1 Å². The Morgan fingerprint density at radius 1 is 1.55 bits per heavy atom. The maximum absolute atomic E-state index is 11.6. The van der Waals surface area contributed by atoms with Gasteiger partial charge >= 0.3 is 6.18 Å². The Morgan fingerprint density at radius 2 is 2.18 bits per heavy atom. The van der Waals surface area contributed by atoms with E-state index in [0.29, 0.717) is 0 Å². The molecule has 0 aliphatic heterocycles. The Labute approximate surface area is 59.0 Å². The average molecular weight is 167 g/mol. The van der Waals surface area contributed by atoms with E-state index >= 15 is 0 Å². The first-order valence-electron chi connectivity index (χ1n) is 2.70. The molecule has 1 heterocycles. The van der Waals surface area contributed by atoms with Crippen LogP contribution in [0.3, 0.4) is 0 Å². The molecule has 0 aromatic carbocycles. The Bertz CT molecular complexity index is 284. The normalized spacial score (nSPS) is 11.9. The summed E-state index contributed by atoms with van der Waals surface area (Å²) >= 11 is 0. The minimum absolute atomic E-state index is 0.236. The minimum Gasteiger partial charge on any atom is -0.384 e. The smallest absolute Gasteiger partial charge is 0.384 e. The largest absolute Gasteiger partial charge is 0.409 e. The van der Waals surface area contributed by atoms with E-state index in [1.807, 2.05) is 0 Å². The lowest BCUT2D eigenvalue weighted by Crippen LogP contribution is -2.24. The molecule has 0 aliphatic rings. The van der Waals surface area contributed by atoms with Crippen molar-refractivity contribution in [2.24, 2.45) is 0 Å². The third kappa shape index (κ3) is 2.14. The van der Waals surface area contributed by atoms with Crippen LogP contribution in [0.25, 0.3) is 0 Å². The van der Waals surface area contributed by atoms with Gasteiger partial charge in [-0.25, -0.2) is 0 Å². The molecule has 0 saturated carbocycles. The first-order valence-corrected chi connectivity index (χ1v) is 2.70. The lowest BCUT2D eigenvalue weighted by atomic mass is 10.6. The molecule has 0 amide bonds. The van der Waals surface area contributed by atoms with Crippen LogP contribution in [0.2, 0.25) is 0 Å². The zero-order chi connectivity index (χ0) is 8.48. The number of rotatable bonds is 1. The van der Waals surface area contributed by atoms with Crippen molar-refractivity contribution in [3.8, 4) is 0 Å². The fourth-order valence-electron chi connectivity index (χ4n) is 0.575. The molecule has 0 saturated heterocycles. The number of hydrogen-bond acceptors (Lipinski definition) is 2. The molecular weight excluding hydrogens is 163 g/mol. The molecule has 3 nitrogen and oxygen atoms in total. The fourth-order valence-corrected chi connectivity index (χ4v) is 0.575. The van der Waals surface area contributed by atoms with Crippen LogP contribution in [0.4, 0.5) is 13.2 Å². The van der Waals surface area contributed by atoms with E-state index < -0.39 is 18.3 Å². The molecule has 0 aliphatic carbocycles. The molecule has 1 aromatic rings. The molecule has 0 bridgehead atoms. The van der Waals surface area contributed by atoms with Crippen LogP contribution in [0, 0.1) is 0 Å². The van der Waals surface area contributed by atoms with E-state index in [9.17, 15) is 18.0 Å². The van der Waals surface area contributed by atoms with Gasteiger partial charge in [0.25, 0.3) is 5.56 Å². The quantitative estimate of drug-likeness (QED) is 0.625. The second-order valence-electron chi connectivity index (χ2n) is 1.90. The van der Waals surface area contributed by atoms with Crippen molar-refractivity contribution < 1.29 is 17.7 Å². The highest BCUT2D eigenvalue weighted by molar-refractivity contribution is 4.76. The van der Waals surface area contributed by atoms with Gasteiger partial charge in [-0.1, -0.05) is 0 Å². The third-order valence-electron chi connectivity index (χ3n) is 0.967. The zero-order valence-corrected chi connectivity index (χ0v) is 5.26. The summed E-state index contributed by atoms with van der Waals surface area (Å²) in [6, 6.07) is 0.922. The van der Waals surface area contributed by atoms with Crippen LogP contribution in [0.5, 0.6) is 0 Å². The van der Waals surface area contributed by atoms with Crippen molar-refractivity contribution in [1.82, 2.24) is 4.74 Å². The van der Waals surface area contributed by atoms with Crippen LogP contribution >= 0.6 is 0 Å². The van der Waals surface area contributed by atoms with Crippen molar-refractivity contribution >= 4 is 0 Å². The number of aromatic nitrogens is 1. The van der Waals surface area contributed by atoms with Gasteiger partial charge in [0.05, 0.1) is 0 Å². The first-order chi connectivity index (χ1) is 4.99. The Morgan fingerprint density at radius 3 is 2.55 bits per heavy atom. The number of nitrogens with zero attached hydrogens (tertiary/aromatic N) is 1. The minimum atomic E-state index is -4.42. The SMILES string of the molecule is O=c1ccon1CC(F)(F)F. The highest BCUT2D eigenvalue weighted by Crippen LogP contribution is 2.15. The Hall–Kier alpha value is -1.20. The van der Waals surface area contributed by atoms with Crippen LogP contribution in [-0.2, 0) is 6.54 Å². The molecule has 0 radical (unpaired) electrons. The molecule has 0 unspecified atom stereocenters. The number of hydrogen-bond donors (Lipinski definition) is 0. The van der Waals surface area contributed by atoms with E-state index in [-0.39, 0.29) is 4.74 Å². The average Bonchev–Trinajstić information content (AvgIpc) is 2.12. The lowest BCUT2D eigenvalue weighted by Gasteiger charge is -2.03. The summed E-state index contributed by atoms with van der Waals surface area (Å²) in [5.74, 6) is 0. The molecule has 11 heavy (non-hydrogen) atoms. The molecule has 0 atom stereocenters. The van der Waals surface area contributed by atoms with Gasteiger partial charge < -0.3 is 4.52 Å². The van der Waals surface area contributed by atoms with E-state index in [2.05, 4.69) is 4.52 Å². The van der Waals surface area contributed by atoms with Gasteiger partial charge in [-0.05, 0) is 0 Å². The Kier molecular flexibility index (Phi) is 1.76. The van der Waals surface area contributed by atoms with E-state index in [0.717, 1.165) is 12.3 Å². The predicted molar refractivity (Wildman–Crippen MR) is 29.0 cm³/mol. The van der Waals surface area contributed by atoms with Gasteiger partial charge in [0, 0.05) is 6.07 Å². The van der Waals surface area contributed by atoms with Crippen molar-refractivity contribution in [2.45, 2.75) is 12.7 Å². The molecular formula is C5H4F3NO2. The van der Waals surface area contributed by atoms with Crippen molar-refractivity contribution in [2.75, 3.05) is 0 Å². The second-order valence-corrected chi connectivity index (χ2v) is 1.90. The molecule has 0 fully saturated rings. The summed E-state index contributed by atoms with van der Waals surface area (Å²) in [5.41, 5.74) is -0.790. The summed E-state index contributed by atoms with van der Waals surface area (Å²) < 4.78 is 39.2. The second kappa shape index (κ2) is 2.44. The molecule has 0 N–H and O–H groups in total. The standard InChI is InChI=1S/C5H4F3NO2/c6-5(7,8)3-9-4(10)1-2-11-9/h1-2H,3H2. The first kappa shape index (κ1) is 7.90. The van der Waals surface area contributed by atoms with Gasteiger partial charge in [0.2, 0.25) is 0 Å². The van der Waals surface area contributed by atoms with Crippen molar-refractivity contribution in [3.63, 3.8) is 0 Å². The summed E-state index contributed by atoms with van der Waals surface area (Å²) in [6.45, 7) is -1.38. The van der Waals surface area contributed by atoms with Crippen LogP contribution in [0.1, 0.15) is 0 Å². The molecule has 6 heteroatoms. The lowest BCUT2D eigenvalue weighted by molar-refractivity contribution is -0.152. The van der Waals surface area contributed by atoms with E-state index in [1.165, 1.54) is 0 Å². The van der Waals surface area contributed by atoms with Crippen LogP contribution in [0.15, 0.2) is 21.6 Å². The third-order valence-corrected chi connectivity index (χ3v) is 0.967. The van der Waals surface area contributed by atoms with Gasteiger partial charge in [-0.2, -0.15) is 17.9 Å². The summed E-state index contributed by atoms with van der Waals surface area (Å²) in [4.78, 5) is 10.5. The van der Waals surface area contributed by atoms with Gasteiger partial charge in [0.1, 0.15) is 6.26 Å². The van der Waals surface area contributed by atoms with E-state index in [4.69, 9.17) is 0 Å². The maximum Gasteiger partial charge on any atom is 0.409 e. The molecule has 62 valence electrons. The number of alkyl halides is 3. The summed E-state index contributed by atoms with van der Waals surface area (Å²) in [5, 5.41) is 0. The van der Waals surface area contributed by atoms with Gasteiger partial charge in [-0.15, -0.1) is 0 Å².